The fourth-order valence-corrected chi connectivity index (χ4v) is 2.72. The predicted octanol–water partition coefficient (Wildman–Crippen LogP) is 3.10. The quantitative estimate of drug-likeness (QED) is 0.525. The van der Waals surface area contributed by atoms with Crippen LogP contribution in [0.1, 0.15) is 23.1 Å². The number of nitrogens with zero attached hydrogens (tertiary/aromatic N) is 3. The van der Waals surface area contributed by atoms with Crippen molar-refractivity contribution in [1.29, 1.82) is 0 Å². The Labute approximate surface area is 126 Å². The van der Waals surface area contributed by atoms with Crippen molar-refractivity contribution in [2.75, 3.05) is 33.1 Å². The van der Waals surface area contributed by atoms with E-state index in [0.717, 1.165) is 28.8 Å². The zero-order valence-electron chi connectivity index (χ0n) is 13.4. The topological polar surface area (TPSA) is 39.1 Å². The van der Waals surface area contributed by atoms with Crippen LogP contribution in [-0.2, 0) is 0 Å². The lowest BCUT2D eigenvalue weighted by atomic mass is 9.94. The highest BCUT2D eigenvalue weighted by Crippen LogP contribution is 2.33. The van der Waals surface area contributed by atoms with Gasteiger partial charge < -0.3 is 15.0 Å². The number of oxime groups is 1. The lowest BCUT2D eigenvalue weighted by molar-refractivity contribution is 0.322. The Hall–Kier alpha value is -2.23. The van der Waals surface area contributed by atoms with Gasteiger partial charge in [0.2, 0.25) is 0 Å². The second-order valence-electron chi connectivity index (χ2n) is 5.71. The van der Waals surface area contributed by atoms with Crippen molar-refractivity contribution in [2.24, 2.45) is 5.16 Å². The minimum atomic E-state index is 0.903. The van der Waals surface area contributed by atoms with Gasteiger partial charge in [-0.15, -0.1) is 0 Å². The Balaban J connectivity index is 2.51. The third-order valence-corrected chi connectivity index (χ3v) is 3.87. The molecule has 4 nitrogen and oxygen atoms in total. The van der Waals surface area contributed by atoms with Crippen LogP contribution in [0.15, 0.2) is 35.1 Å². The molecule has 0 bridgehead atoms. The average molecular weight is 285 g/mol. The maximum absolute atomic E-state index is 9.00. The molecule has 0 amide bonds. The summed E-state index contributed by atoms with van der Waals surface area (Å²) in [4.78, 5) is 4.17. The second kappa shape index (κ2) is 6.04. The van der Waals surface area contributed by atoms with Crippen molar-refractivity contribution >= 4 is 17.5 Å². The molecule has 0 saturated carbocycles. The SMILES string of the molecule is Cc1c(N(C)C)ccc(C2=CC(N(C)C)=CC2)c1/C=N/O. The van der Waals surface area contributed by atoms with Gasteiger partial charge in [0.1, 0.15) is 0 Å². The molecule has 0 spiro atoms. The molecule has 0 unspecified atom stereocenters. The highest BCUT2D eigenvalue weighted by atomic mass is 16.4. The first-order valence-electron chi connectivity index (χ1n) is 7.02. The van der Waals surface area contributed by atoms with E-state index < -0.39 is 0 Å². The molecule has 1 aromatic rings. The van der Waals surface area contributed by atoms with E-state index >= 15 is 0 Å². The average Bonchev–Trinajstić information content (AvgIpc) is 2.90. The lowest BCUT2D eigenvalue weighted by Gasteiger charge is -2.19. The number of anilines is 1. The van der Waals surface area contributed by atoms with Crippen LogP contribution in [0.2, 0.25) is 0 Å². The van der Waals surface area contributed by atoms with E-state index in [4.69, 9.17) is 5.21 Å². The van der Waals surface area contributed by atoms with Gasteiger partial charge in [-0.1, -0.05) is 17.3 Å². The number of benzene rings is 1. The fourth-order valence-electron chi connectivity index (χ4n) is 2.72. The van der Waals surface area contributed by atoms with Gasteiger partial charge in [0.25, 0.3) is 0 Å². The lowest BCUT2D eigenvalue weighted by Crippen LogP contribution is -2.12. The largest absolute Gasteiger partial charge is 0.411 e. The number of hydrogen-bond donors (Lipinski definition) is 1. The van der Waals surface area contributed by atoms with Crippen LogP contribution >= 0.6 is 0 Å². The number of allylic oxidation sites excluding steroid dienone is 3. The molecule has 1 aliphatic rings. The predicted molar refractivity (Wildman–Crippen MR) is 89.3 cm³/mol. The summed E-state index contributed by atoms with van der Waals surface area (Å²) in [5, 5.41) is 12.3. The van der Waals surface area contributed by atoms with Crippen LogP contribution in [0, 0.1) is 6.92 Å². The molecule has 2 rings (SSSR count). The van der Waals surface area contributed by atoms with E-state index in [-0.39, 0.29) is 0 Å². The molecule has 1 aromatic carbocycles. The molecular formula is C17H23N3O. The third kappa shape index (κ3) is 2.94. The first kappa shape index (κ1) is 15.2. The smallest absolute Gasteiger partial charge is 0.0743 e. The van der Waals surface area contributed by atoms with Crippen LogP contribution in [-0.4, -0.2) is 44.5 Å². The van der Waals surface area contributed by atoms with Gasteiger partial charge in [-0.25, -0.2) is 0 Å². The van der Waals surface area contributed by atoms with Crippen molar-refractivity contribution in [3.8, 4) is 0 Å². The van der Waals surface area contributed by atoms with Gasteiger partial charge in [0, 0.05) is 45.1 Å². The molecule has 4 heteroatoms. The Morgan fingerprint density at radius 1 is 1.14 bits per heavy atom. The number of rotatable bonds is 4. The molecule has 0 saturated heterocycles. The second-order valence-corrected chi connectivity index (χ2v) is 5.71. The van der Waals surface area contributed by atoms with Gasteiger partial charge in [-0.3, -0.25) is 0 Å². The van der Waals surface area contributed by atoms with E-state index in [1.165, 1.54) is 17.5 Å². The summed E-state index contributed by atoms with van der Waals surface area (Å²) in [5.41, 5.74) is 6.82. The summed E-state index contributed by atoms with van der Waals surface area (Å²) in [6.07, 6.45) is 6.84. The highest BCUT2D eigenvalue weighted by Gasteiger charge is 2.16. The molecular weight excluding hydrogens is 262 g/mol. The van der Waals surface area contributed by atoms with Crippen LogP contribution in [0.5, 0.6) is 0 Å². The van der Waals surface area contributed by atoms with Crippen LogP contribution < -0.4 is 4.90 Å². The summed E-state index contributed by atoms with van der Waals surface area (Å²) < 4.78 is 0. The Morgan fingerprint density at radius 3 is 2.38 bits per heavy atom. The van der Waals surface area contributed by atoms with E-state index in [1.54, 1.807) is 0 Å². The molecule has 1 N–H and O–H groups in total. The van der Waals surface area contributed by atoms with Crippen LogP contribution in [0.25, 0.3) is 5.57 Å². The Morgan fingerprint density at radius 2 is 1.86 bits per heavy atom. The molecule has 0 aromatic heterocycles. The zero-order valence-corrected chi connectivity index (χ0v) is 13.4. The maximum Gasteiger partial charge on any atom is 0.0743 e. The summed E-state index contributed by atoms with van der Waals surface area (Å²) in [6.45, 7) is 2.06. The van der Waals surface area contributed by atoms with E-state index in [0.29, 0.717) is 0 Å². The fraction of sp³-hybridized carbons (Fsp3) is 0.353. The van der Waals surface area contributed by atoms with Gasteiger partial charge >= 0.3 is 0 Å². The number of likely N-dealkylation sites (N-methyl/N-ethyl adjacent to an activating group) is 1. The molecule has 112 valence electrons. The molecule has 21 heavy (non-hydrogen) atoms. The summed E-state index contributed by atoms with van der Waals surface area (Å²) in [5.74, 6) is 0. The molecule has 0 heterocycles. The van der Waals surface area contributed by atoms with Gasteiger partial charge in [-0.05, 0) is 42.2 Å². The van der Waals surface area contributed by atoms with Crippen molar-refractivity contribution < 1.29 is 5.21 Å². The summed E-state index contributed by atoms with van der Waals surface area (Å²) in [6, 6.07) is 4.23. The zero-order chi connectivity index (χ0) is 15.6. The molecule has 0 radical (unpaired) electrons. The molecule has 0 aliphatic heterocycles. The van der Waals surface area contributed by atoms with E-state index in [9.17, 15) is 0 Å². The monoisotopic (exact) mass is 285 g/mol. The first-order chi connectivity index (χ1) is 9.95. The van der Waals surface area contributed by atoms with Crippen molar-refractivity contribution in [3.05, 3.63) is 46.7 Å². The van der Waals surface area contributed by atoms with Crippen molar-refractivity contribution in [1.82, 2.24) is 4.90 Å². The molecule has 0 fully saturated rings. The summed E-state index contributed by atoms with van der Waals surface area (Å²) in [7, 11) is 8.12. The highest BCUT2D eigenvalue weighted by molar-refractivity contribution is 5.93. The van der Waals surface area contributed by atoms with Gasteiger partial charge in [-0.2, -0.15) is 0 Å². The van der Waals surface area contributed by atoms with E-state index in [1.807, 2.05) is 28.2 Å². The van der Waals surface area contributed by atoms with Gasteiger partial charge in [0.05, 0.1) is 6.21 Å². The van der Waals surface area contributed by atoms with Crippen molar-refractivity contribution in [2.45, 2.75) is 13.3 Å². The summed E-state index contributed by atoms with van der Waals surface area (Å²) >= 11 is 0. The standard InChI is InChI=1S/C17H23N3O/c1-12-16(11-18-21)15(8-9-17(12)20(4)5)13-6-7-14(10-13)19(2)3/h7-11,21H,6H2,1-5H3/b18-11+. The third-order valence-electron chi connectivity index (χ3n) is 3.87. The normalized spacial score (nSPS) is 14.3. The maximum atomic E-state index is 9.00. The van der Waals surface area contributed by atoms with Crippen LogP contribution in [0.3, 0.4) is 0 Å². The van der Waals surface area contributed by atoms with E-state index in [2.05, 4.69) is 46.2 Å². The van der Waals surface area contributed by atoms with Crippen LogP contribution in [0.4, 0.5) is 5.69 Å². The number of hydrogen-bond acceptors (Lipinski definition) is 4. The van der Waals surface area contributed by atoms with Crippen molar-refractivity contribution in [3.63, 3.8) is 0 Å². The first-order valence-corrected chi connectivity index (χ1v) is 7.02. The molecule has 0 atom stereocenters. The Bertz CT molecular complexity index is 625. The van der Waals surface area contributed by atoms with Gasteiger partial charge in [0.15, 0.2) is 0 Å². The minimum absolute atomic E-state index is 0.903. The molecule has 1 aliphatic carbocycles. The Kier molecular flexibility index (Phi) is 4.36. The minimum Gasteiger partial charge on any atom is -0.411 e.